The molecule has 0 bridgehead atoms. The molecule has 1 aromatic rings. The van der Waals surface area contributed by atoms with Gasteiger partial charge in [-0.3, -0.25) is 4.98 Å². The Hall–Kier alpha value is -1.13. The van der Waals surface area contributed by atoms with Gasteiger partial charge >= 0.3 is 0 Å². The smallest absolute Gasteiger partial charge is 0.143 e. The van der Waals surface area contributed by atoms with Crippen LogP contribution in [0.15, 0.2) is 18.3 Å². The van der Waals surface area contributed by atoms with Crippen LogP contribution < -0.4 is 4.74 Å². The zero-order valence-electron chi connectivity index (χ0n) is 9.47. The van der Waals surface area contributed by atoms with Gasteiger partial charge < -0.3 is 14.7 Å². The van der Waals surface area contributed by atoms with E-state index in [-0.39, 0.29) is 0 Å². The van der Waals surface area contributed by atoms with E-state index in [4.69, 9.17) is 4.74 Å². The van der Waals surface area contributed by atoms with Crippen molar-refractivity contribution >= 4 is 0 Å². The van der Waals surface area contributed by atoms with Crippen molar-refractivity contribution in [3.05, 3.63) is 24.0 Å². The zero-order valence-corrected chi connectivity index (χ0v) is 9.47. The monoisotopic (exact) mass is 210 g/mol. The number of aliphatic hydroxyl groups excluding tert-OH is 1. The standard InChI is InChI=1S/C11H18N2O2/c1-13(2)8-6-9(14)11-10(15-3)5-4-7-12-11/h4-5,7,9,14H,6,8H2,1-3H3. The number of methoxy groups -OCH3 is 1. The van der Waals surface area contributed by atoms with E-state index < -0.39 is 6.10 Å². The molecule has 1 rings (SSSR count). The van der Waals surface area contributed by atoms with Crippen LogP contribution in [0, 0.1) is 0 Å². The summed E-state index contributed by atoms with van der Waals surface area (Å²) in [7, 11) is 5.53. The Labute approximate surface area is 90.5 Å². The number of hydrogen-bond donors (Lipinski definition) is 1. The summed E-state index contributed by atoms with van der Waals surface area (Å²) in [4.78, 5) is 6.16. The Balaban J connectivity index is 2.68. The Kier molecular flexibility index (Phi) is 4.52. The first-order valence-corrected chi connectivity index (χ1v) is 4.97. The summed E-state index contributed by atoms with van der Waals surface area (Å²) in [5, 5.41) is 9.91. The average molecular weight is 210 g/mol. The van der Waals surface area contributed by atoms with Crippen molar-refractivity contribution in [1.29, 1.82) is 0 Å². The van der Waals surface area contributed by atoms with Crippen LogP contribution in [0.4, 0.5) is 0 Å². The summed E-state index contributed by atoms with van der Waals surface area (Å²) in [5.41, 5.74) is 0.613. The van der Waals surface area contributed by atoms with Gasteiger partial charge in [0.15, 0.2) is 0 Å². The Morgan fingerprint density at radius 1 is 1.53 bits per heavy atom. The van der Waals surface area contributed by atoms with Gasteiger partial charge in [-0.15, -0.1) is 0 Å². The summed E-state index contributed by atoms with van der Waals surface area (Å²) in [6.45, 7) is 0.820. The van der Waals surface area contributed by atoms with Crippen molar-refractivity contribution in [3.63, 3.8) is 0 Å². The molecule has 4 heteroatoms. The van der Waals surface area contributed by atoms with Crippen LogP contribution in [-0.2, 0) is 0 Å². The van der Waals surface area contributed by atoms with E-state index in [1.54, 1.807) is 25.4 Å². The molecule has 0 saturated carbocycles. The normalized spacial score (nSPS) is 12.9. The third-order valence-corrected chi connectivity index (χ3v) is 2.19. The van der Waals surface area contributed by atoms with Crippen molar-refractivity contribution < 1.29 is 9.84 Å². The first-order valence-electron chi connectivity index (χ1n) is 4.97. The molecular weight excluding hydrogens is 192 g/mol. The second-order valence-electron chi connectivity index (χ2n) is 3.70. The third kappa shape index (κ3) is 3.49. The molecule has 1 heterocycles. The third-order valence-electron chi connectivity index (χ3n) is 2.19. The first-order chi connectivity index (χ1) is 7.15. The van der Waals surface area contributed by atoms with E-state index in [0.717, 1.165) is 6.54 Å². The maximum atomic E-state index is 9.91. The molecular formula is C11H18N2O2. The Morgan fingerprint density at radius 2 is 2.27 bits per heavy atom. The molecule has 0 aromatic carbocycles. The summed E-state index contributed by atoms with van der Waals surface area (Å²) >= 11 is 0. The van der Waals surface area contributed by atoms with Crippen molar-refractivity contribution in [2.24, 2.45) is 0 Å². The minimum absolute atomic E-state index is 0.566. The summed E-state index contributed by atoms with van der Waals surface area (Å²) < 4.78 is 5.14. The number of aromatic nitrogens is 1. The topological polar surface area (TPSA) is 45.6 Å². The van der Waals surface area contributed by atoms with Gasteiger partial charge in [-0.1, -0.05) is 0 Å². The fraction of sp³-hybridized carbons (Fsp3) is 0.545. The average Bonchev–Trinajstić information content (AvgIpc) is 2.25. The lowest BCUT2D eigenvalue weighted by Gasteiger charge is -2.15. The minimum atomic E-state index is -0.566. The summed E-state index contributed by atoms with van der Waals surface area (Å²) in [6.07, 6.45) is 1.75. The highest BCUT2D eigenvalue weighted by Gasteiger charge is 2.14. The lowest BCUT2D eigenvalue weighted by Crippen LogP contribution is -2.16. The highest BCUT2D eigenvalue weighted by atomic mass is 16.5. The molecule has 15 heavy (non-hydrogen) atoms. The summed E-state index contributed by atoms with van der Waals surface area (Å²) in [6, 6.07) is 3.60. The largest absolute Gasteiger partial charge is 0.495 e. The SMILES string of the molecule is COc1cccnc1C(O)CCN(C)C. The first kappa shape index (κ1) is 11.9. The number of pyridine rings is 1. The molecule has 4 nitrogen and oxygen atoms in total. The van der Waals surface area contributed by atoms with E-state index in [1.807, 2.05) is 19.0 Å². The number of aliphatic hydroxyl groups is 1. The van der Waals surface area contributed by atoms with Gasteiger partial charge in [0.25, 0.3) is 0 Å². The molecule has 0 fully saturated rings. The second-order valence-corrected chi connectivity index (χ2v) is 3.70. The van der Waals surface area contributed by atoms with Crippen LogP contribution >= 0.6 is 0 Å². The fourth-order valence-electron chi connectivity index (χ4n) is 1.34. The summed E-state index contributed by atoms with van der Waals surface area (Å²) in [5.74, 6) is 0.642. The molecule has 0 aliphatic rings. The highest BCUT2D eigenvalue weighted by molar-refractivity contribution is 5.28. The van der Waals surface area contributed by atoms with Gasteiger partial charge in [0.05, 0.1) is 7.11 Å². The molecule has 1 N–H and O–H groups in total. The van der Waals surface area contributed by atoms with E-state index in [2.05, 4.69) is 4.98 Å². The zero-order chi connectivity index (χ0) is 11.3. The van der Waals surface area contributed by atoms with Crippen molar-refractivity contribution in [3.8, 4) is 5.75 Å². The highest BCUT2D eigenvalue weighted by Crippen LogP contribution is 2.24. The molecule has 0 saturated heterocycles. The molecule has 0 radical (unpaired) electrons. The number of hydrogen-bond acceptors (Lipinski definition) is 4. The van der Waals surface area contributed by atoms with E-state index in [9.17, 15) is 5.11 Å². The quantitative estimate of drug-likeness (QED) is 0.789. The predicted octanol–water partition coefficient (Wildman–Crippen LogP) is 1.08. The van der Waals surface area contributed by atoms with Crippen LogP contribution in [0.5, 0.6) is 5.75 Å². The number of nitrogens with zero attached hydrogens (tertiary/aromatic N) is 2. The van der Waals surface area contributed by atoms with Crippen LogP contribution in [-0.4, -0.2) is 42.7 Å². The Bertz CT molecular complexity index is 302. The van der Waals surface area contributed by atoms with Gasteiger partial charge in [0.1, 0.15) is 17.5 Å². The molecule has 0 aliphatic heterocycles. The fourth-order valence-corrected chi connectivity index (χ4v) is 1.34. The van der Waals surface area contributed by atoms with Gasteiger partial charge in [-0.05, 0) is 32.6 Å². The van der Waals surface area contributed by atoms with E-state index in [0.29, 0.717) is 17.9 Å². The minimum Gasteiger partial charge on any atom is -0.495 e. The van der Waals surface area contributed by atoms with Crippen LogP contribution in [0.1, 0.15) is 18.2 Å². The lowest BCUT2D eigenvalue weighted by molar-refractivity contribution is 0.146. The second kappa shape index (κ2) is 5.68. The van der Waals surface area contributed by atoms with Gasteiger partial charge in [-0.2, -0.15) is 0 Å². The van der Waals surface area contributed by atoms with Gasteiger partial charge in [0.2, 0.25) is 0 Å². The maximum absolute atomic E-state index is 9.91. The van der Waals surface area contributed by atoms with Crippen LogP contribution in [0.25, 0.3) is 0 Å². The molecule has 1 aromatic heterocycles. The molecule has 0 spiro atoms. The maximum Gasteiger partial charge on any atom is 0.143 e. The molecule has 0 amide bonds. The van der Waals surface area contributed by atoms with Crippen molar-refractivity contribution in [2.75, 3.05) is 27.7 Å². The van der Waals surface area contributed by atoms with Crippen molar-refractivity contribution in [1.82, 2.24) is 9.88 Å². The lowest BCUT2D eigenvalue weighted by atomic mass is 10.1. The van der Waals surface area contributed by atoms with Gasteiger partial charge in [-0.25, -0.2) is 0 Å². The van der Waals surface area contributed by atoms with E-state index >= 15 is 0 Å². The molecule has 1 unspecified atom stereocenters. The van der Waals surface area contributed by atoms with E-state index in [1.165, 1.54) is 0 Å². The molecule has 1 atom stereocenters. The number of ether oxygens (including phenoxy) is 1. The van der Waals surface area contributed by atoms with Crippen LogP contribution in [0.3, 0.4) is 0 Å². The van der Waals surface area contributed by atoms with Crippen LogP contribution in [0.2, 0.25) is 0 Å². The van der Waals surface area contributed by atoms with Crippen molar-refractivity contribution in [2.45, 2.75) is 12.5 Å². The predicted molar refractivity (Wildman–Crippen MR) is 58.9 cm³/mol. The van der Waals surface area contributed by atoms with Gasteiger partial charge in [0, 0.05) is 12.7 Å². The number of rotatable bonds is 5. The molecule has 0 aliphatic carbocycles. The Morgan fingerprint density at radius 3 is 2.87 bits per heavy atom. The molecule has 84 valence electrons.